The van der Waals surface area contributed by atoms with Gasteiger partial charge < -0.3 is 20.1 Å². The smallest absolute Gasteiger partial charge is 0.257 e. The molecular weight excluding hydrogens is 394 g/mol. The highest BCUT2D eigenvalue weighted by Crippen LogP contribution is 2.25. The molecule has 31 heavy (non-hydrogen) atoms. The van der Waals surface area contributed by atoms with Crippen LogP contribution in [0.4, 0.5) is 5.69 Å². The maximum Gasteiger partial charge on any atom is 0.257 e. The molecule has 0 aliphatic carbocycles. The number of carbonyl (C=O) groups is 2. The van der Waals surface area contributed by atoms with Crippen molar-refractivity contribution in [1.82, 2.24) is 9.88 Å². The summed E-state index contributed by atoms with van der Waals surface area (Å²) in [6, 6.07) is 14.0. The number of phenols is 1. The Bertz CT molecular complexity index is 1110. The second-order valence-corrected chi connectivity index (χ2v) is 7.42. The van der Waals surface area contributed by atoms with Gasteiger partial charge in [0.1, 0.15) is 5.75 Å². The van der Waals surface area contributed by atoms with Gasteiger partial charge in [0.2, 0.25) is 0 Å². The molecule has 1 aromatic heterocycles. The lowest BCUT2D eigenvalue weighted by Crippen LogP contribution is -2.40. The highest BCUT2D eigenvalue weighted by atomic mass is 16.5. The number of benzene rings is 2. The number of morpholine rings is 1. The predicted octanol–water partition coefficient (Wildman–Crippen LogP) is 3.49. The van der Waals surface area contributed by atoms with Gasteiger partial charge in [0.05, 0.1) is 24.5 Å². The molecule has 7 heteroatoms. The first kappa shape index (κ1) is 20.6. The zero-order chi connectivity index (χ0) is 21.8. The van der Waals surface area contributed by atoms with Gasteiger partial charge >= 0.3 is 0 Å². The van der Waals surface area contributed by atoms with Crippen LogP contribution in [0.5, 0.6) is 5.75 Å². The van der Waals surface area contributed by atoms with Crippen molar-refractivity contribution in [3.8, 4) is 16.9 Å². The third-order valence-electron chi connectivity index (χ3n) is 5.17. The number of phenolic OH excluding ortho intramolecular Hbond substituents is 1. The van der Waals surface area contributed by atoms with Crippen molar-refractivity contribution in [2.45, 2.75) is 6.92 Å². The van der Waals surface area contributed by atoms with Crippen LogP contribution in [0.25, 0.3) is 11.1 Å². The summed E-state index contributed by atoms with van der Waals surface area (Å²) in [5, 5.41) is 12.7. The maximum absolute atomic E-state index is 12.6. The molecule has 158 valence electrons. The number of aromatic hydroxyl groups is 1. The lowest BCUT2D eigenvalue weighted by Gasteiger charge is -2.26. The molecule has 0 atom stereocenters. The van der Waals surface area contributed by atoms with Gasteiger partial charge in [0.15, 0.2) is 0 Å². The molecule has 1 saturated heterocycles. The normalized spacial score (nSPS) is 13.6. The Kier molecular flexibility index (Phi) is 5.95. The topological polar surface area (TPSA) is 91.8 Å². The fourth-order valence-corrected chi connectivity index (χ4v) is 3.42. The number of ether oxygens (including phenoxy) is 1. The van der Waals surface area contributed by atoms with E-state index >= 15 is 0 Å². The number of rotatable bonds is 4. The Balaban J connectivity index is 1.49. The monoisotopic (exact) mass is 417 g/mol. The van der Waals surface area contributed by atoms with Crippen molar-refractivity contribution in [2.24, 2.45) is 0 Å². The van der Waals surface area contributed by atoms with E-state index < -0.39 is 0 Å². The molecule has 1 aliphatic rings. The lowest BCUT2D eigenvalue weighted by atomic mass is 10.0. The molecule has 0 spiro atoms. The molecule has 2 heterocycles. The number of pyridine rings is 1. The molecule has 4 rings (SSSR count). The Morgan fingerprint density at radius 2 is 1.71 bits per heavy atom. The van der Waals surface area contributed by atoms with E-state index in [0.717, 1.165) is 16.7 Å². The predicted molar refractivity (Wildman–Crippen MR) is 117 cm³/mol. The summed E-state index contributed by atoms with van der Waals surface area (Å²) >= 11 is 0. The number of amides is 2. The third-order valence-corrected chi connectivity index (χ3v) is 5.17. The van der Waals surface area contributed by atoms with Gasteiger partial charge in [-0.15, -0.1) is 0 Å². The van der Waals surface area contributed by atoms with Crippen molar-refractivity contribution in [2.75, 3.05) is 31.6 Å². The van der Waals surface area contributed by atoms with E-state index in [-0.39, 0.29) is 17.6 Å². The van der Waals surface area contributed by atoms with Crippen molar-refractivity contribution < 1.29 is 19.4 Å². The number of aryl methyl sites for hydroxylation is 1. The lowest BCUT2D eigenvalue weighted by molar-refractivity contribution is 0.0303. The molecule has 7 nitrogen and oxygen atoms in total. The van der Waals surface area contributed by atoms with E-state index in [9.17, 15) is 14.7 Å². The van der Waals surface area contributed by atoms with Crippen LogP contribution in [0.1, 0.15) is 26.3 Å². The number of carbonyl (C=O) groups excluding carboxylic acids is 2. The zero-order valence-electron chi connectivity index (χ0n) is 17.2. The van der Waals surface area contributed by atoms with Crippen molar-refractivity contribution in [3.63, 3.8) is 0 Å². The fourth-order valence-electron chi connectivity index (χ4n) is 3.42. The molecular formula is C24H23N3O4. The summed E-state index contributed by atoms with van der Waals surface area (Å²) in [4.78, 5) is 31.2. The van der Waals surface area contributed by atoms with E-state index in [0.29, 0.717) is 43.1 Å². The van der Waals surface area contributed by atoms with Crippen molar-refractivity contribution in [3.05, 3.63) is 77.6 Å². The summed E-state index contributed by atoms with van der Waals surface area (Å²) in [5.74, 6) is -0.371. The summed E-state index contributed by atoms with van der Waals surface area (Å²) in [7, 11) is 0. The largest absolute Gasteiger partial charge is 0.506 e. The van der Waals surface area contributed by atoms with E-state index in [1.165, 1.54) is 6.20 Å². The van der Waals surface area contributed by atoms with Gasteiger partial charge in [-0.3, -0.25) is 14.6 Å². The molecule has 1 fully saturated rings. The minimum atomic E-state index is -0.368. The van der Waals surface area contributed by atoms with Crippen LogP contribution in [-0.4, -0.2) is 53.1 Å². The molecule has 3 aromatic rings. The van der Waals surface area contributed by atoms with Gasteiger partial charge in [-0.05, 0) is 48.4 Å². The minimum absolute atomic E-state index is 0.0120. The third kappa shape index (κ3) is 4.73. The van der Waals surface area contributed by atoms with Crippen LogP contribution in [0.3, 0.4) is 0 Å². The second-order valence-electron chi connectivity index (χ2n) is 7.42. The standard InChI is InChI=1S/C24H23N3O4/c1-16-2-7-21(22(28)12-16)26-23(29)20-13-19(14-25-15-20)17-3-5-18(6-4-17)24(30)27-8-10-31-11-9-27/h2-7,12-15,28H,8-11H2,1H3,(H,26,29). The number of hydrogen-bond donors (Lipinski definition) is 2. The van der Waals surface area contributed by atoms with Crippen LogP contribution in [0.15, 0.2) is 60.9 Å². The van der Waals surface area contributed by atoms with Gasteiger partial charge in [-0.1, -0.05) is 18.2 Å². The first-order valence-corrected chi connectivity index (χ1v) is 10.0. The molecule has 1 aliphatic heterocycles. The summed E-state index contributed by atoms with van der Waals surface area (Å²) in [6.45, 7) is 4.17. The number of nitrogens with zero attached hydrogens (tertiary/aromatic N) is 2. The highest BCUT2D eigenvalue weighted by molar-refractivity contribution is 6.05. The molecule has 0 radical (unpaired) electrons. The van der Waals surface area contributed by atoms with E-state index in [4.69, 9.17) is 4.74 Å². The molecule has 0 saturated carbocycles. The maximum atomic E-state index is 12.6. The SMILES string of the molecule is Cc1ccc(NC(=O)c2cncc(-c3ccc(C(=O)N4CCOCC4)cc3)c2)c(O)c1. The Hall–Kier alpha value is -3.71. The average Bonchev–Trinajstić information content (AvgIpc) is 2.81. The highest BCUT2D eigenvalue weighted by Gasteiger charge is 2.18. The number of aromatic nitrogens is 1. The number of nitrogens with one attached hydrogen (secondary N) is 1. The summed E-state index contributed by atoms with van der Waals surface area (Å²) in [5.41, 5.74) is 3.82. The second kappa shape index (κ2) is 8.97. The molecule has 2 amide bonds. The average molecular weight is 417 g/mol. The van der Waals surface area contributed by atoms with Crippen LogP contribution in [0, 0.1) is 6.92 Å². The molecule has 0 bridgehead atoms. The van der Waals surface area contributed by atoms with E-state index in [1.807, 2.05) is 25.1 Å². The van der Waals surface area contributed by atoms with Crippen LogP contribution in [0.2, 0.25) is 0 Å². The summed E-state index contributed by atoms with van der Waals surface area (Å²) in [6.07, 6.45) is 3.14. The van der Waals surface area contributed by atoms with E-state index in [2.05, 4.69) is 10.3 Å². The zero-order valence-corrected chi connectivity index (χ0v) is 17.2. The molecule has 2 aromatic carbocycles. The van der Waals surface area contributed by atoms with Crippen LogP contribution < -0.4 is 5.32 Å². The Morgan fingerprint density at radius 1 is 0.968 bits per heavy atom. The van der Waals surface area contributed by atoms with Crippen molar-refractivity contribution in [1.29, 1.82) is 0 Å². The van der Waals surface area contributed by atoms with Gasteiger partial charge in [-0.2, -0.15) is 0 Å². The number of hydrogen-bond acceptors (Lipinski definition) is 5. The Morgan fingerprint density at radius 3 is 2.42 bits per heavy atom. The van der Waals surface area contributed by atoms with Crippen LogP contribution in [-0.2, 0) is 4.74 Å². The van der Waals surface area contributed by atoms with Crippen molar-refractivity contribution >= 4 is 17.5 Å². The molecule has 0 unspecified atom stereocenters. The van der Waals surface area contributed by atoms with Gasteiger partial charge in [0, 0.05) is 36.6 Å². The number of anilines is 1. The first-order chi connectivity index (χ1) is 15.0. The van der Waals surface area contributed by atoms with Gasteiger partial charge in [-0.25, -0.2) is 0 Å². The fraction of sp³-hybridized carbons (Fsp3) is 0.208. The quantitative estimate of drug-likeness (QED) is 0.634. The van der Waals surface area contributed by atoms with Crippen LogP contribution >= 0.6 is 0 Å². The van der Waals surface area contributed by atoms with Gasteiger partial charge in [0.25, 0.3) is 11.8 Å². The Labute approximate surface area is 180 Å². The minimum Gasteiger partial charge on any atom is -0.506 e. The first-order valence-electron chi connectivity index (χ1n) is 10.0. The summed E-state index contributed by atoms with van der Waals surface area (Å²) < 4.78 is 5.29. The van der Waals surface area contributed by atoms with E-state index in [1.54, 1.807) is 41.4 Å². The molecule has 2 N–H and O–H groups in total.